The Bertz CT molecular complexity index is 897. The first-order valence-electron chi connectivity index (χ1n) is 8.94. The van der Waals surface area contributed by atoms with E-state index in [9.17, 15) is 4.79 Å². The molecule has 2 aromatic heterocycles. The van der Waals surface area contributed by atoms with Crippen LogP contribution < -0.4 is 5.32 Å². The number of likely N-dealkylation sites (N-methyl/N-ethyl adjacent to an activating group) is 1. The number of rotatable bonds is 7. The van der Waals surface area contributed by atoms with Crippen LogP contribution in [0, 0.1) is 13.8 Å². The molecule has 6 nitrogen and oxygen atoms in total. The molecular weight excluding hydrogens is 342 g/mol. The zero-order chi connectivity index (χ0) is 19.4. The zero-order valence-electron chi connectivity index (χ0n) is 16.2. The van der Waals surface area contributed by atoms with E-state index in [2.05, 4.69) is 10.3 Å². The molecule has 0 aliphatic heterocycles. The van der Waals surface area contributed by atoms with Crippen LogP contribution in [0.15, 0.2) is 51.5 Å². The molecule has 1 atom stereocenters. The summed E-state index contributed by atoms with van der Waals surface area (Å²) in [7, 11) is 3.91. The fourth-order valence-electron chi connectivity index (χ4n) is 2.96. The van der Waals surface area contributed by atoms with Gasteiger partial charge >= 0.3 is 0 Å². The van der Waals surface area contributed by atoms with Crippen molar-refractivity contribution in [2.45, 2.75) is 26.3 Å². The van der Waals surface area contributed by atoms with Crippen LogP contribution in [-0.4, -0.2) is 36.4 Å². The van der Waals surface area contributed by atoms with Gasteiger partial charge in [-0.2, -0.15) is 0 Å². The number of benzene rings is 1. The van der Waals surface area contributed by atoms with Gasteiger partial charge in [0.05, 0.1) is 24.4 Å². The van der Waals surface area contributed by atoms with Crippen LogP contribution in [0.4, 0.5) is 0 Å². The lowest BCUT2D eigenvalue weighted by molar-refractivity contribution is -0.120. The number of carbonyl (C=O) groups excluding carboxylic acids is 1. The first-order chi connectivity index (χ1) is 13.0. The van der Waals surface area contributed by atoms with Gasteiger partial charge in [0.25, 0.3) is 0 Å². The molecule has 27 heavy (non-hydrogen) atoms. The Hall–Kier alpha value is -2.86. The molecule has 1 aromatic carbocycles. The Labute approximate surface area is 159 Å². The van der Waals surface area contributed by atoms with E-state index in [1.807, 2.05) is 69.2 Å². The van der Waals surface area contributed by atoms with Crippen molar-refractivity contribution < 1.29 is 13.6 Å². The topological polar surface area (TPSA) is 71.5 Å². The lowest BCUT2D eigenvalue weighted by Crippen LogP contribution is -2.35. The third-order valence-electron chi connectivity index (χ3n) is 4.58. The summed E-state index contributed by atoms with van der Waals surface area (Å²) in [6.07, 6.45) is 1.82. The van der Waals surface area contributed by atoms with Crippen molar-refractivity contribution in [1.29, 1.82) is 0 Å². The van der Waals surface area contributed by atoms with Crippen LogP contribution in [0.5, 0.6) is 0 Å². The second kappa shape index (κ2) is 8.22. The van der Waals surface area contributed by atoms with E-state index in [4.69, 9.17) is 8.83 Å². The highest BCUT2D eigenvalue weighted by atomic mass is 16.4. The Balaban J connectivity index is 1.65. The molecule has 0 bridgehead atoms. The largest absolute Gasteiger partial charge is 0.468 e. The predicted molar refractivity (Wildman–Crippen MR) is 103 cm³/mol. The van der Waals surface area contributed by atoms with Gasteiger partial charge in [0, 0.05) is 12.1 Å². The first-order valence-corrected chi connectivity index (χ1v) is 8.94. The Morgan fingerprint density at radius 2 is 1.96 bits per heavy atom. The monoisotopic (exact) mass is 367 g/mol. The van der Waals surface area contributed by atoms with Gasteiger partial charge in [-0.25, -0.2) is 4.98 Å². The maximum Gasteiger partial charge on any atom is 0.226 e. The number of aromatic nitrogens is 1. The number of carbonyl (C=O) groups is 1. The average molecular weight is 367 g/mol. The van der Waals surface area contributed by atoms with Crippen LogP contribution in [0.2, 0.25) is 0 Å². The number of amides is 1. The summed E-state index contributed by atoms with van der Waals surface area (Å²) in [6, 6.07) is 11.6. The number of nitrogens with zero attached hydrogens (tertiary/aromatic N) is 2. The highest BCUT2D eigenvalue weighted by Crippen LogP contribution is 2.25. The van der Waals surface area contributed by atoms with Gasteiger partial charge < -0.3 is 14.2 Å². The lowest BCUT2D eigenvalue weighted by atomic mass is 10.1. The van der Waals surface area contributed by atoms with Crippen molar-refractivity contribution in [3.63, 3.8) is 0 Å². The molecule has 0 saturated carbocycles. The second-order valence-electron chi connectivity index (χ2n) is 6.81. The van der Waals surface area contributed by atoms with Crippen LogP contribution in [0.1, 0.15) is 28.8 Å². The molecule has 142 valence electrons. The maximum absolute atomic E-state index is 12.4. The molecule has 0 aliphatic rings. The van der Waals surface area contributed by atoms with Gasteiger partial charge in [-0.15, -0.1) is 0 Å². The van der Waals surface area contributed by atoms with Crippen LogP contribution in [0.3, 0.4) is 0 Å². The summed E-state index contributed by atoms with van der Waals surface area (Å²) in [4.78, 5) is 19.0. The minimum atomic E-state index is -0.0962. The summed E-state index contributed by atoms with van der Waals surface area (Å²) in [5.74, 6) is 1.94. The standard InChI is InChI=1S/C21H25N3O3/c1-14-8-5-6-9-16(14)21-23-17(15(2)27-21)12-20(25)22-13-18(24(3)4)19-10-7-11-26-19/h5-11,18H,12-13H2,1-4H3,(H,22,25). The smallest absolute Gasteiger partial charge is 0.226 e. The van der Waals surface area contributed by atoms with E-state index < -0.39 is 0 Å². The Kier molecular flexibility index (Phi) is 5.76. The van der Waals surface area contributed by atoms with Crippen molar-refractivity contribution in [1.82, 2.24) is 15.2 Å². The van der Waals surface area contributed by atoms with Gasteiger partial charge in [0.1, 0.15) is 11.5 Å². The highest BCUT2D eigenvalue weighted by Gasteiger charge is 2.20. The molecule has 1 unspecified atom stereocenters. The van der Waals surface area contributed by atoms with Gasteiger partial charge in [-0.1, -0.05) is 18.2 Å². The predicted octanol–water partition coefficient (Wildman–Crippen LogP) is 3.51. The third-order valence-corrected chi connectivity index (χ3v) is 4.58. The summed E-state index contributed by atoms with van der Waals surface area (Å²) in [5, 5.41) is 2.97. The molecule has 0 aliphatic carbocycles. The van der Waals surface area contributed by atoms with E-state index in [0.29, 0.717) is 23.9 Å². The third kappa shape index (κ3) is 4.46. The summed E-state index contributed by atoms with van der Waals surface area (Å²) < 4.78 is 11.3. The van der Waals surface area contributed by atoms with Gasteiger partial charge in [-0.3, -0.25) is 9.69 Å². The van der Waals surface area contributed by atoms with E-state index in [1.165, 1.54) is 0 Å². The quantitative estimate of drug-likeness (QED) is 0.692. The van der Waals surface area contributed by atoms with E-state index in [0.717, 1.165) is 16.9 Å². The van der Waals surface area contributed by atoms with Crippen molar-refractivity contribution in [2.24, 2.45) is 0 Å². The highest BCUT2D eigenvalue weighted by molar-refractivity contribution is 5.78. The summed E-state index contributed by atoms with van der Waals surface area (Å²) in [6.45, 7) is 4.31. The molecule has 0 radical (unpaired) electrons. The van der Waals surface area contributed by atoms with Gasteiger partial charge in [0.2, 0.25) is 11.8 Å². The average Bonchev–Trinajstić information content (AvgIpc) is 3.26. The minimum Gasteiger partial charge on any atom is -0.468 e. The SMILES string of the molecule is Cc1ccccc1-c1nc(CC(=O)NCC(c2ccco2)N(C)C)c(C)o1. The zero-order valence-corrected chi connectivity index (χ0v) is 16.2. The number of aryl methyl sites for hydroxylation is 2. The van der Waals surface area contributed by atoms with E-state index >= 15 is 0 Å². The first kappa shape index (κ1) is 18.9. The second-order valence-corrected chi connectivity index (χ2v) is 6.81. The van der Waals surface area contributed by atoms with Gasteiger partial charge in [-0.05, 0) is 51.7 Å². The molecule has 1 amide bonds. The van der Waals surface area contributed by atoms with Crippen molar-refractivity contribution >= 4 is 5.91 Å². The Morgan fingerprint density at radius 3 is 2.63 bits per heavy atom. The van der Waals surface area contributed by atoms with Crippen molar-refractivity contribution in [3.05, 3.63) is 65.4 Å². The molecular formula is C21H25N3O3. The molecule has 3 aromatic rings. The molecule has 0 saturated heterocycles. The molecule has 3 rings (SSSR count). The van der Waals surface area contributed by atoms with E-state index in [1.54, 1.807) is 6.26 Å². The molecule has 0 fully saturated rings. The van der Waals surface area contributed by atoms with Crippen LogP contribution >= 0.6 is 0 Å². The number of oxazole rings is 1. The number of furan rings is 1. The van der Waals surface area contributed by atoms with Crippen molar-refractivity contribution in [3.8, 4) is 11.5 Å². The molecule has 6 heteroatoms. The fourth-order valence-corrected chi connectivity index (χ4v) is 2.96. The van der Waals surface area contributed by atoms with Gasteiger partial charge in [0.15, 0.2) is 0 Å². The molecule has 1 N–H and O–H groups in total. The molecule has 0 spiro atoms. The maximum atomic E-state index is 12.4. The normalized spacial score (nSPS) is 12.3. The fraction of sp³-hybridized carbons (Fsp3) is 0.333. The summed E-state index contributed by atoms with van der Waals surface area (Å²) in [5.41, 5.74) is 2.69. The van der Waals surface area contributed by atoms with Crippen LogP contribution in [-0.2, 0) is 11.2 Å². The number of hydrogen-bond acceptors (Lipinski definition) is 5. The number of nitrogens with one attached hydrogen (secondary N) is 1. The lowest BCUT2D eigenvalue weighted by Gasteiger charge is -2.22. The summed E-state index contributed by atoms with van der Waals surface area (Å²) >= 11 is 0. The van der Waals surface area contributed by atoms with Crippen molar-refractivity contribution in [2.75, 3.05) is 20.6 Å². The van der Waals surface area contributed by atoms with Crippen LogP contribution in [0.25, 0.3) is 11.5 Å². The number of hydrogen-bond donors (Lipinski definition) is 1. The minimum absolute atomic E-state index is 0.0233. The Morgan fingerprint density at radius 1 is 1.19 bits per heavy atom. The van der Waals surface area contributed by atoms with E-state index in [-0.39, 0.29) is 18.4 Å². The molecule has 2 heterocycles.